The summed E-state index contributed by atoms with van der Waals surface area (Å²) in [5, 5.41) is 49.2. The molecule has 0 saturated heterocycles. The van der Waals surface area contributed by atoms with Gasteiger partial charge in [0.1, 0.15) is 22.8 Å². The molecule has 170 valence electrons. The first kappa shape index (κ1) is 21.7. The lowest BCUT2D eigenvalue weighted by molar-refractivity contribution is -0.150. The molecule has 10 N–H and O–H groups in total. The van der Waals surface area contributed by atoms with Gasteiger partial charge < -0.3 is 42.5 Å². The second-order valence-electron chi connectivity index (χ2n) is 8.28. The summed E-state index contributed by atoms with van der Waals surface area (Å²) >= 11 is 0. The molecule has 1 aromatic carbocycles. The van der Waals surface area contributed by atoms with Gasteiger partial charge in [0.05, 0.1) is 17.3 Å². The van der Waals surface area contributed by atoms with Crippen molar-refractivity contribution in [1.82, 2.24) is 5.32 Å². The zero-order valence-corrected chi connectivity index (χ0v) is 17.4. The molecule has 11 heteroatoms. The first-order valence-corrected chi connectivity index (χ1v) is 9.98. The van der Waals surface area contributed by atoms with Crippen LogP contribution in [0.2, 0.25) is 0 Å². The van der Waals surface area contributed by atoms with E-state index in [0.717, 1.165) is 0 Å². The number of aromatic hydroxyl groups is 1. The standard InChI is InChI=1S/C21H24N4O7/c1-24-10-5-9(22)15(26)12-7(10)3-6-4-8-14(25-2)17(28)13(20(23)31)19(30)21(8,32)18(29)11(6)16(12)27/h5-6,8,14,24-27,30,32H,3-4,22H2,1-2H3,(H2,23,31)/t6-,8-,14?,21-/m0/s1. The number of likely N-dealkylation sites (N-methyl/N-ethyl adjacent to an activating group) is 1. The molecule has 11 nitrogen and oxygen atoms in total. The number of nitrogens with one attached hydrogen (secondary N) is 2. The fraction of sp³-hybridized carbons (Fsp3) is 0.381. The summed E-state index contributed by atoms with van der Waals surface area (Å²) in [5.74, 6) is -7.08. The van der Waals surface area contributed by atoms with E-state index in [-0.39, 0.29) is 29.7 Å². The van der Waals surface area contributed by atoms with Crippen molar-refractivity contribution in [3.05, 3.63) is 34.1 Å². The van der Waals surface area contributed by atoms with Gasteiger partial charge in [-0.25, -0.2) is 0 Å². The highest BCUT2D eigenvalue weighted by Crippen LogP contribution is 2.53. The topological polar surface area (TPSA) is 208 Å². The number of rotatable bonds is 3. The molecule has 1 saturated carbocycles. The van der Waals surface area contributed by atoms with Crippen molar-refractivity contribution in [2.45, 2.75) is 24.5 Å². The van der Waals surface area contributed by atoms with Crippen LogP contribution in [0.3, 0.4) is 0 Å². The Balaban J connectivity index is 1.99. The lowest BCUT2D eigenvalue weighted by Gasteiger charge is -2.49. The maximum atomic E-state index is 13.6. The van der Waals surface area contributed by atoms with Crippen LogP contribution in [-0.4, -0.2) is 63.6 Å². The molecular formula is C21H24N4O7. The Morgan fingerprint density at radius 3 is 2.44 bits per heavy atom. The van der Waals surface area contributed by atoms with Crippen LogP contribution >= 0.6 is 0 Å². The van der Waals surface area contributed by atoms with E-state index >= 15 is 0 Å². The van der Waals surface area contributed by atoms with Gasteiger partial charge in [-0.15, -0.1) is 0 Å². The van der Waals surface area contributed by atoms with Crippen molar-refractivity contribution in [3.8, 4) is 5.75 Å². The number of benzene rings is 1. The van der Waals surface area contributed by atoms with Crippen molar-refractivity contribution in [2.24, 2.45) is 17.6 Å². The number of amides is 1. The zero-order chi connectivity index (χ0) is 23.7. The van der Waals surface area contributed by atoms with Gasteiger partial charge in [0.15, 0.2) is 11.4 Å². The minimum absolute atomic E-state index is 0.0166. The van der Waals surface area contributed by atoms with Crippen LogP contribution < -0.4 is 22.1 Å². The van der Waals surface area contributed by atoms with Crippen LogP contribution in [0.4, 0.5) is 11.4 Å². The number of ketones is 2. The molecule has 1 fully saturated rings. The number of carbonyl (C=O) groups excluding carboxylic acids is 3. The van der Waals surface area contributed by atoms with Crippen LogP contribution in [0.1, 0.15) is 17.5 Å². The van der Waals surface area contributed by atoms with Gasteiger partial charge in [-0.2, -0.15) is 0 Å². The van der Waals surface area contributed by atoms with E-state index in [4.69, 9.17) is 11.5 Å². The molecule has 0 aliphatic heterocycles. The molecular weight excluding hydrogens is 420 g/mol. The predicted octanol–water partition coefficient (Wildman–Crippen LogP) is -0.754. The highest BCUT2D eigenvalue weighted by Gasteiger charge is 2.63. The number of anilines is 2. The Morgan fingerprint density at radius 2 is 1.88 bits per heavy atom. The number of hydrogen-bond donors (Lipinski definition) is 8. The van der Waals surface area contributed by atoms with E-state index in [2.05, 4.69) is 10.6 Å². The fourth-order valence-corrected chi connectivity index (χ4v) is 5.32. The Kier molecular flexibility index (Phi) is 4.72. The van der Waals surface area contributed by atoms with Crippen LogP contribution in [0.5, 0.6) is 5.75 Å². The second-order valence-corrected chi connectivity index (χ2v) is 8.28. The van der Waals surface area contributed by atoms with Gasteiger partial charge in [-0.3, -0.25) is 14.4 Å². The van der Waals surface area contributed by atoms with E-state index in [1.807, 2.05) is 0 Å². The SMILES string of the molecule is CNc1cc(N)c(O)c2c1C[C@H]1C[C@H]3C(NC)C(=O)C(C(N)=O)=C(O)[C@@]3(O)C(=O)C1=C2O. The summed E-state index contributed by atoms with van der Waals surface area (Å²) in [6.07, 6.45) is 0.206. The summed E-state index contributed by atoms with van der Waals surface area (Å²) in [5.41, 5.74) is 8.31. The van der Waals surface area contributed by atoms with Crippen molar-refractivity contribution in [3.63, 3.8) is 0 Å². The van der Waals surface area contributed by atoms with Crippen LogP contribution in [0, 0.1) is 11.8 Å². The fourth-order valence-electron chi connectivity index (χ4n) is 5.32. The summed E-state index contributed by atoms with van der Waals surface area (Å²) < 4.78 is 0. The minimum atomic E-state index is -2.66. The number of primary amides is 1. The summed E-state index contributed by atoms with van der Waals surface area (Å²) in [7, 11) is 3.06. The lowest BCUT2D eigenvalue weighted by atomic mass is 9.57. The predicted molar refractivity (Wildman–Crippen MR) is 114 cm³/mol. The molecule has 32 heavy (non-hydrogen) atoms. The van der Waals surface area contributed by atoms with Crippen LogP contribution in [0.15, 0.2) is 23.0 Å². The molecule has 3 aliphatic carbocycles. The van der Waals surface area contributed by atoms with Gasteiger partial charge >= 0.3 is 0 Å². The summed E-state index contributed by atoms with van der Waals surface area (Å²) in [4.78, 5) is 38.2. The number of phenolic OH excluding ortho intramolecular Hbond substituents is 1. The summed E-state index contributed by atoms with van der Waals surface area (Å²) in [6, 6.07) is 0.331. The molecule has 0 spiro atoms. The number of fused-ring (bicyclic) bond motifs is 3. The van der Waals surface area contributed by atoms with Crippen LogP contribution in [0.25, 0.3) is 5.76 Å². The quantitative estimate of drug-likeness (QED) is 0.126. The Labute approximate surface area is 182 Å². The molecule has 0 aromatic heterocycles. The second kappa shape index (κ2) is 6.97. The van der Waals surface area contributed by atoms with Crippen LogP contribution in [-0.2, 0) is 20.8 Å². The number of aliphatic hydroxyl groups is 3. The largest absolute Gasteiger partial charge is 0.508 e. The third kappa shape index (κ3) is 2.52. The number of aliphatic hydroxyl groups excluding tert-OH is 2. The van der Waals surface area contributed by atoms with E-state index < -0.39 is 63.8 Å². The highest BCUT2D eigenvalue weighted by molar-refractivity contribution is 6.24. The van der Waals surface area contributed by atoms with Gasteiger partial charge in [0.25, 0.3) is 5.91 Å². The first-order chi connectivity index (χ1) is 15.0. The average molecular weight is 444 g/mol. The Morgan fingerprint density at radius 1 is 1.22 bits per heavy atom. The first-order valence-electron chi connectivity index (χ1n) is 9.98. The molecule has 1 aromatic rings. The normalized spacial score (nSPS) is 29.4. The van der Waals surface area contributed by atoms with Crippen molar-refractivity contribution < 1.29 is 34.8 Å². The monoisotopic (exact) mass is 444 g/mol. The Hall–Kier alpha value is -3.57. The minimum Gasteiger partial charge on any atom is -0.508 e. The van der Waals surface area contributed by atoms with E-state index in [1.54, 1.807) is 7.05 Å². The van der Waals surface area contributed by atoms with E-state index in [1.165, 1.54) is 13.1 Å². The molecule has 3 aliphatic rings. The third-order valence-corrected chi connectivity index (χ3v) is 6.81. The average Bonchev–Trinajstić information content (AvgIpc) is 2.73. The molecule has 0 radical (unpaired) electrons. The summed E-state index contributed by atoms with van der Waals surface area (Å²) in [6.45, 7) is 0. The van der Waals surface area contributed by atoms with Crippen molar-refractivity contribution in [1.29, 1.82) is 0 Å². The number of hydrogen-bond acceptors (Lipinski definition) is 10. The third-order valence-electron chi connectivity index (χ3n) is 6.81. The van der Waals surface area contributed by atoms with Gasteiger partial charge in [0.2, 0.25) is 5.78 Å². The Bertz CT molecular complexity index is 1160. The molecule has 1 amide bonds. The maximum Gasteiger partial charge on any atom is 0.255 e. The molecule has 0 bridgehead atoms. The van der Waals surface area contributed by atoms with Crippen molar-refractivity contribution >= 4 is 34.6 Å². The molecule has 4 rings (SSSR count). The van der Waals surface area contributed by atoms with Gasteiger partial charge in [-0.1, -0.05) is 0 Å². The van der Waals surface area contributed by atoms with Crippen molar-refractivity contribution in [2.75, 3.05) is 25.1 Å². The number of phenols is 1. The molecule has 1 unspecified atom stereocenters. The highest BCUT2D eigenvalue weighted by atomic mass is 16.3. The number of Topliss-reactive ketones (excluding diaryl/α,β-unsaturated/α-hetero) is 2. The maximum absolute atomic E-state index is 13.6. The smallest absolute Gasteiger partial charge is 0.255 e. The van der Waals surface area contributed by atoms with E-state index in [9.17, 15) is 34.8 Å². The molecule has 4 atom stereocenters. The number of carbonyl (C=O) groups is 3. The number of nitrogen functional groups attached to an aromatic ring is 1. The zero-order valence-electron chi connectivity index (χ0n) is 17.4. The van der Waals surface area contributed by atoms with Gasteiger partial charge in [-0.05, 0) is 37.4 Å². The number of nitrogens with two attached hydrogens (primary N) is 2. The molecule has 0 heterocycles. The van der Waals surface area contributed by atoms with E-state index in [0.29, 0.717) is 11.3 Å². The van der Waals surface area contributed by atoms with Gasteiger partial charge in [0, 0.05) is 24.2 Å². The lowest BCUT2D eigenvalue weighted by Crippen LogP contribution is -2.65.